The van der Waals surface area contributed by atoms with E-state index in [4.69, 9.17) is 9.47 Å². The lowest BCUT2D eigenvalue weighted by Crippen LogP contribution is -3.00. The number of ether oxygens (including phenoxy) is 2. The van der Waals surface area contributed by atoms with E-state index < -0.39 is 12.1 Å². The number of rotatable bonds is 7. The summed E-state index contributed by atoms with van der Waals surface area (Å²) in [4.78, 5) is 51.4. The van der Waals surface area contributed by atoms with Crippen molar-refractivity contribution in [2.45, 2.75) is 6.61 Å². The Kier molecular flexibility index (Phi) is 10.8. The average molecular weight is 568 g/mol. The molecule has 11 heteroatoms. The maximum Gasteiger partial charge on any atom is 0.410 e. The fourth-order valence-electron chi connectivity index (χ4n) is 3.60. The number of esters is 1. The van der Waals surface area contributed by atoms with Gasteiger partial charge in [-0.05, 0) is 45.4 Å². The first kappa shape index (κ1) is 28.4. The standard InChI is InChI=1S/C24H29N3O6S.BrH/c1-32-23(30)20-7-6-18-12-17(4-5-19(18)13-20)15-33-24(31)27-10-8-26(9-11-27)22(29)14-25-21(28)16-34(2)3;/h4-7,12-13H,8-11,14-16H2,1-3H3;1H. The molecule has 0 saturated carbocycles. The molecule has 1 saturated heterocycles. The Hall–Kier alpha value is -2.79. The van der Waals surface area contributed by atoms with Crippen LogP contribution in [0.15, 0.2) is 36.4 Å². The molecular weight excluding hydrogens is 538 g/mol. The molecule has 1 N–H and O–H groups in total. The van der Waals surface area contributed by atoms with E-state index >= 15 is 0 Å². The number of nitrogens with zero attached hydrogens (tertiary/aromatic N) is 2. The molecule has 1 aliphatic rings. The molecule has 35 heavy (non-hydrogen) atoms. The van der Waals surface area contributed by atoms with E-state index in [1.165, 1.54) is 7.11 Å². The van der Waals surface area contributed by atoms with Crippen LogP contribution < -0.4 is 22.3 Å². The number of carbonyl (C=O) groups is 4. The van der Waals surface area contributed by atoms with Crippen LogP contribution in [0.1, 0.15) is 15.9 Å². The van der Waals surface area contributed by atoms with E-state index in [0.717, 1.165) is 16.3 Å². The molecule has 0 unspecified atom stereocenters. The van der Waals surface area contributed by atoms with Gasteiger partial charge in [-0.3, -0.25) is 9.59 Å². The smallest absolute Gasteiger partial charge is 0.410 e. The van der Waals surface area contributed by atoms with Gasteiger partial charge in [0.05, 0.1) is 31.7 Å². The normalized spacial score (nSPS) is 13.3. The van der Waals surface area contributed by atoms with E-state index in [-0.39, 0.29) is 52.8 Å². The van der Waals surface area contributed by atoms with Crippen molar-refractivity contribution in [3.05, 3.63) is 47.5 Å². The minimum absolute atomic E-state index is 0. The van der Waals surface area contributed by atoms with Crippen molar-refractivity contribution in [3.63, 3.8) is 0 Å². The molecule has 1 aliphatic heterocycles. The van der Waals surface area contributed by atoms with Crippen molar-refractivity contribution < 1.29 is 45.6 Å². The third kappa shape index (κ3) is 8.14. The second kappa shape index (κ2) is 13.3. The molecule has 0 aliphatic carbocycles. The number of benzene rings is 2. The zero-order chi connectivity index (χ0) is 24.7. The SMILES string of the molecule is COC(=O)c1ccc2cc(COC(=O)N3CCN(C(=O)CNC(=O)C[S+](C)C)CC3)ccc2c1.[Br-]. The number of carbonyl (C=O) groups excluding carboxylic acids is 4. The summed E-state index contributed by atoms with van der Waals surface area (Å²) in [5, 5.41) is 4.47. The van der Waals surface area contributed by atoms with Gasteiger partial charge in [-0.25, -0.2) is 9.59 Å². The largest absolute Gasteiger partial charge is 1.00 e. The zero-order valence-electron chi connectivity index (χ0n) is 20.0. The maximum absolute atomic E-state index is 12.5. The van der Waals surface area contributed by atoms with E-state index in [2.05, 4.69) is 5.32 Å². The Morgan fingerprint density at radius 3 is 2.23 bits per heavy atom. The highest BCUT2D eigenvalue weighted by atomic mass is 79.9. The molecule has 190 valence electrons. The highest BCUT2D eigenvalue weighted by Crippen LogP contribution is 2.19. The molecule has 3 rings (SSSR count). The van der Waals surface area contributed by atoms with Crippen LogP contribution in [-0.2, 0) is 36.6 Å². The van der Waals surface area contributed by atoms with Crippen molar-refractivity contribution in [1.29, 1.82) is 0 Å². The number of methoxy groups -OCH3 is 1. The highest BCUT2D eigenvalue weighted by Gasteiger charge is 2.25. The Morgan fingerprint density at radius 1 is 0.943 bits per heavy atom. The van der Waals surface area contributed by atoms with Crippen molar-refractivity contribution in [3.8, 4) is 0 Å². The van der Waals surface area contributed by atoms with Gasteiger partial charge in [-0.2, -0.15) is 0 Å². The van der Waals surface area contributed by atoms with Crippen LogP contribution in [0.3, 0.4) is 0 Å². The summed E-state index contributed by atoms with van der Waals surface area (Å²) in [7, 11) is 1.33. The van der Waals surface area contributed by atoms with E-state index in [1.807, 2.05) is 36.8 Å². The van der Waals surface area contributed by atoms with Crippen LogP contribution in [0.25, 0.3) is 10.8 Å². The van der Waals surface area contributed by atoms with Gasteiger partial charge in [-0.1, -0.05) is 18.2 Å². The third-order valence-corrected chi connectivity index (χ3v) is 6.27. The van der Waals surface area contributed by atoms with Crippen molar-refractivity contribution in [1.82, 2.24) is 15.1 Å². The van der Waals surface area contributed by atoms with Gasteiger partial charge in [0.15, 0.2) is 5.75 Å². The van der Waals surface area contributed by atoms with Gasteiger partial charge in [-0.15, -0.1) is 0 Å². The second-order valence-electron chi connectivity index (χ2n) is 8.22. The van der Waals surface area contributed by atoms with Crippen LogP contribution in [0, 0.1) is 0 Å². The predicted octanol–water partition coefficient (Wildman–Crippen LogP) is -1.59. The summed E-state index contributed by atoms with van der Waals surface area (Å²) < 4.78 is 10.2. The quantitative estimate of drug-likeness (QED) is 0.319. The number of amides is 3. The Labute approximate surface area is 218 Å². The summed E-state index contributed by atoms with van der Waals surface area (Å²) in [6.45, 7) is 1.64. The highest BCUT2D eigenvalue weighted by molar-refractivity contribution is 7.96. The molecule has 0 bridgehead atoms. The van der Waals surface area contributed by atoms with Gasteiger partial charge in [0.2, 0.25) is 5.91 Å². The molecule has 0 spiro atoms. The van der Waals surface area contributed by atoms with Crippen LogP contribution in [0.4, 0.5) is 4.79 Å². The fraction of sp³-hybridized carbons (Fsp3) is 0.417. The average Bonchev–Trinajstić information content (AvgIpc) is 2.84. The number of nitrogens with one attached hydrogen (secondary N) is 1. The molecule has 0 aromatic heterocycles. The number of hydrogen-bond acceptors (Lipinski definition) is 6. The molecule has 2 aromatic rings. The molecule has 3 amide bonds. The lowest BCUT2D eigenvalue weighted by molar-refractivity contribution is -0.133. The van der Waals surface area contributed by atoms with Gasteiger partial charge in [0.1, 0.15) is 6.61 Å². The molecule has 1 fully saturated rings. The summed E-state index contributed by atoms with van der Waals surface area (Å²) in [5.41, 5.74) is 1.31. The molecule has 9 nitrogen and oxygen atoms in total. The topological polar surface area (TPSA) is 105 Å². The molecule has 0 radical (unpaired) electrons. The summed E-state index contributed by atoms with van der Waals surface area (Å²) in [6.07, 6.45) is 3.52. The predicted molar refractivity (Wildman–Crippen MR) is 131 cm³/mol. The van der Waals surface area contributed by atoms with Gasteiger partial charge < -0.3 is 41.6 Å². The first-order chi connectivity index (χ1) is 16.3. The zero-order valence-corrected chi connectivity index (χ0v) is 22.4. The van der Waals surface area contributed by atoms with E-state index in [0.29, 0.717) is 37.5 Å². The molecule has 0 atom stereocenters. The molecular formula is C24H30BrN3O6S. The third-order valence-electron chi connectivity index (χ3n) is 5.44. The van der Waals surface area contributed by atoms with Gasteiger partial charge in [0, 0.05) is 26.2 Å². The summed E-state index contributed by atoms with van der Waals surface area (Å²) in [5.74, 6) is -0.252. The monoisotopic (exact) mass is 567 g/mol. The van der Waals surface area contributed by atoms with Crippen LogP contribution in [0.5, 0.6) is 0 Å². The Morgan fingerprint density at radius 2 is 1.57 bits per heavy atom. The second-order valence-corrected chi connectivity index (χ2v) is 10.5. The minimum Gasteiger partial charge on any atom is -1.00 e. The lowest BCUT2D eigenvalue weighted by atomic mass is 10.0. The van der Waals surface area contributed by atoms with Crippen molar-refractivity contribution in [2.24, 2.45) is 0 Å². The first-order valence-corrected chi connectivity index (χ1v) is 13.1. The van der Waals surface area contributed by atoms with E-state index in [1.54, 1.807) is 21.9 Å². The minimum atomic E-state index is -0.431. The van der Waals surface area contributed by atoms with Crippen LogP contribution in [-0.4, -0.2) is 91.8 Å². The number of piperazine rings is 1. The Bertz CT molecular complexity index is 1070. The van der Waals surface area contributed by atoms with Crippen molar-refractivity contribution in [2.75, 3.05) is 58.1 Å². The number of hydrogen-bond donors (Lipinski definition) is 1. The molecule has 1 heterocycles. The number of halogens is 1. The summed E-state index contributed by atoms with van der Waals surface area (Å²) in [6, 6.07) is 10.9. The lowest BCUT2D eigenvalue weighted by Gasteiger charge is -2.34. The fourth-order valence-corrected chi connectivity index (χ4v) is 4.23. The van der Waals surface area contributed by atoms with Crippen molar-refractivity contribution >= 4 is 45.5 Å². The molecule has 2 aromatic carbocycles. The van der Waals surface area contributed by atoms with E-state index in [9.17, 15) is 19.2 Å². The van der Waals surface area contributed by atoms with Crippen LogP contribution >= 0.6 is 0 Å². The maximum atomic E-state index is 12.5. The van der Waals surface area contributed by atoms with Crippen LogP contribution in [0.2, 0.25) is 0 Å². The van der Waals surface area contributed by atoms with Gasteiger partial charge >= 0.3 is 12.1 Å². The Balaban J connectivity index is 0.00000432. The summed E-state index contributed by atoms with van der Waals surface area (Å²) >= 11 is 0. The first-order valence-electron chi connectivity index (χ1n) is 10.9. The number of fused-ring (bicyclic) bond motifs is 1. The van der Waals surface area contributed by atoms with Gasteiger partial charge in [0.25, 0.3) is 5.91 Å².